The smallest absolute Gasteiger partial charge is 0.243 e. The molecule has 6 nitrogen and oxygen atoms in total. The number of hydrogen-bond acceptors (Lipinski definition) is 6. The van der Waals surface area contributed by atoms with E-state index in [-0.39, 0.29) is 4.90 Å². The molecule has 23 heavy (non-hydrogen) atoms. The van der Waals surface area contributed by atoms with Crippen molar-refractivity contribution in [2.24, 2.45) is 0 Å². The van der Waals surface area contributed by atoms with Crippen LogP contribution in [0.3, 0.4) is 0 Å². The van der Waals surface area contributed by atoms with Gasteiger partial charge in [0.2, 0.25) is 10.0 Å². The van der Waals surface area contributed by atoms with E-state index in [1.54, 1.807) is 32.2 Å². The highest BCUT2D eigenvalue weighted by atomic mass is 32.2. The fourth-order valence-electron chi connectivity index (χ4n) is 2.38. The van der Waals surface area contributed by atoms with E-state index in [1.807, 2.05) is 18.2 Å². The van der Waals surface area contributed by atoms with Crippen LogP contribution in [-0.2, 0) is 10.0 Å². The molecule has 1 heterocycles. The van der Waals surface area contributed by atoms with Crippen LogP contribution in [-0.4, -0.2) is 24.3 Å². The first-order valence-electron chi connectivity index (χ1n) is 6.89. The Balaban J connectivity index is 1.96. The molecule has 0 spiro atoms. The molecular formula is C15H15N3O3S2. The van der Waals surface area contributed by atoms with E-state index >= 15 is 0 Å². The Morgan fingerprint density at radius 2 is 1.91 bits per heavy atom. The predicted octanol–water partition coefficient (Wildman–Crippen LogP) is 2.74. The zero-order valence-corrected chi connectivity index (χ0v) is 14.2. The third kappa shape index (κ3) is 3.05. The zero-order chi connectivity index (χ0) is 16.4. The van der Waals surface area contributed by atoms with Gasteiger partial charge in [-0.15, -0.1) is 0 Å². The van der Waals surface area contributed by atoms with E-state index in [0.29, 0.717) is 16.8 Å². The summed E-state index contributed by atoms with van der Waals surface area (Å²) in [6.45, 7) is 1.77. The van der Waals surface area contributed by atoms with Crippen molar-refractivity contribution in [3.63, 3.8) is 0 Å². The number of hydrogen-bond donors (Lipinski definition) is 1. The second-order valence-electron chi connectivity index (χ2n) is 4.97. The number of fused-ring (bicyclic) bond motifs is 1. The fourth-order valence-corrected chi connectivity index (χ4v) is 4.37. The first-order valence-corrected chi connectivity index (χ1v) is 9.11. The maximum atomic E-state index is 12.7. The van der Waals surface area contributed by atoms with Crippen molar-refractivity contribution < 1.29 is 13.2 Å². The molecule has 0 aliphatic heterocycles. The van der Waals surface area contributed by atoms with Gasteiger partial charge in [0.15, 0.2) is 0 Å². The van der Waals surface area contributed by atoms with Crippen molar-refractivity contribution in [3.8, 4) is 5.75 Å². The Morgan fingerprint density at radius 1 is 1.13 bits per heavy atom. The number of rotatable bonds is 5. The molecule has 3 rings (SSSR count). The van der Waals surface area contributed by atoms with Crippen molar-refractivity contribution >= 4 is 32.8 Å². The minimum Gasteiger partial charge on any atom is -0.496 e. The molecule has 1 N–H and O–H groups in total. The van der Waals surface area contributed by atoms with Crippen LogP contribution in [0, 0.1) is 0 Å². The standard InChI is InChI=1S/C15H15N3O3S2/c1-10(11-6-3-4-8-13(11)21-2)18-23(19,20)14-9-5-7-12-15(14)17-22-16-12/h3-10,18H,1-2H3/t10-/m1/s1. The SMILES string of the molecule is COc1ccccc1[C@@H](C)NS(=O)(=O)c1cccc2nsnc12. The summed E-state index contributed by atoms with van der Waals surface area (Å²) < 4.78 is 41.5. The Labute approximate surface area is 138 Å². The number of nitrogens with zero attached hydrogens (tertiary/aromatic N) is 2. The molecule has 120 valence electrons. The number of ether oxygens (including phenoxy) is 1. The predicted molar refractivity (Wildman–Crippen MR) is 89.1 cm³/mol. The van der Waals surface area contributed by atoms with Gasteiger partial charge in [-0.2, -0.15) is 8.75 Å². The van der Waals surface area contributed by atoms with Crippen LogP contribution in [0.1, 0.15) is 18.5 Å². The maximum absolute atomic E-state index is 12.7. The van der Waals surface area contributed by atoms with E-state index in [2.05, 4.69) is 13.5 Å². The number of para-hydroxylation sites is 1. The van der Waals surface area contributed by atoms with Crippen molar-refractivity contribution in [1.82, 2.24) is 13.5 Å². The molecule has 0 aliphatic rings. The molecule has 3 aromatic rings. The monoisotopic (exact) mass is 349 g/mol. The topological polar surface area (TPSA) is 81.2 Å². The summed E-state index contributed by atoms with van der Waals surface area (Å²) in [5.41, 5.74) is 1.72. The van der Waals surface area contributed by atoms with Gasteiger partial charge in [0.1, 0.15) is 21.7 Å². The van der Waals surface area contributed by atoms with Crippen LogP contribution >= 0.6 is 11.7 Å². The number of benzene rings is 2. The van der Waals surface area contributed by atoms with Crippen LogP contribution in [0.5, 0.6) is 5.75 Å². The van der Waals surface area contributed by atoms with Gasteiger partial charge in [0.05, 0.1) is 18.8 Å². The first-order chi connectivity index (χ1) is 11.0. The molecule has 0 aliphatic carbocycles. The van der Waals surface area contributed by atoms with Gasteiger partial charge >= 0.3 is 0 Å². The summed E-state index contributed by atoms with van der Waals surface area (Å²) in [4.78, 5) is 0.130. The van der Waals surface area contributed by atoms with Gasteiger partial charge in [-0.25, -0.2) is 13.1 Å². The van der Waals surface area contributed by atoms with E-state index in [4.69, 9.17) is 4.74 Å². The summed E-state index contributed by atoms with van der Waals surface area (Å²) in [5, 5.41) is 0. The quantitative estimate of drug-likeness (QED) is 0.766. The van der Waals surface area contributed by atoms with Crippen LogP contribution in [0.4, 0.5) is 0 Å². The van der Waals surface area contributed by atoms with E-state index < -0.39 is 16.1 Å². The highest BCUT2D eigenvalue weighted by Crippen LogP contribution is 2.27. The Bertz CT molecular complexity index is 938. The lowest BCUT2D eigenvalue weighted by atomic mass is 10.1. The third-order valence-corrected chi connectivity index (χ3v) is 5.59. The molecule has 2 aromatic carbocycles. The van der Waals surface area contributed by atoms with Gasteiger partial charge in [0, 0.05) is 11.6 Å². The Kier molecular flexibility index (Phi) is 4.29. The van der Waals surface area contributed by atoms with Gasteiger partial charge < -0.3 is 4.74 Å². The number of sulfonamides is 1. The number of aromatic nitrogens is 2. The molecule has 1 atom stereocenters. The molecule has 8 heteroatoms. The minimum absolute atomic E-state index is 0.130. The molecule has 0 fully saturated rings. The minimum atomic E-state index is -3.73. The summed E-state index contributed by atoms with van der Waals surface area (Å²) in [6, 6.07) is 11.8. The summed E-state index contributed by atoms with van der Waals surface area (Å²) in [5.74, 6) is 0.635. The summed E-state index contributed by atoms with van der Waals surface area (Å²) in [6.07, 6.45) is 0. The lowest BCUT2D eigenvalue weighted by Gasteiger charge is -2.17. The average molecular weight is 349 g/mol. The van der Waals surface area contributed by atoms with E-state index in [9.17, 15) is 8.42 Å². The van der Waals surface area contributed by atoms with E-state index in [1.165, 1.54) is 6.07 Å². The molecule has 0 amide bonds. The third-order valence-electron chi connectivity index (χ3n) is 3.48. The van der Waals surface area contributed by atoms with Crippen molar-refractivity contribution in [2.75, 3.05) is 7.11 Å². The van der Waals surface area contributed by atoms with E-state index in [0.717, 1.165) is 17.3 Å². The largest absolute Gasteiger partial charge is 0.496 e. The van der Waals surface area contributed by atoms with Crippen molar-refractivity contribution in [1.29, 1.82) is 0 Å². The second-order valence-corrected chi connectivity index (χ2v) is 7.18. The van der Waals surface area contributed by atoms with Gasteiger partial charge in [-0.3, -0.25) is 0 Å². The van der Waals surface area contributed by atoms with Gasteiger partial charge in [-0.05, 0) is 25.1 Å². The average Bonchev–Trinajstić information content (AvgIpc) is 3.02. The lowest BCUT2D eigenvalue weighted by molar-refractivity contribution is 0.405. The number of methoxy groups -OCH3 is 1. The Hall–Kier alpha value is -2.03. The number of nitrogens with one attached hydrogen (secondary N) is 1. The van der Waals surface area contributed by atoms with Crippen LogP contribution < -0.4 is 9.46 Å². The second kappa shape index (κ2) is 6.23. The van der Waals surface area contributed by atoms with Gasteiger partial charge in [0.25, 0.3) is 0 Å². The fraction of sp³-hybridized carbons (Fsp3) is 0.200. The summed E-state index contributed by atoms with van der Waals surface area (Å²) in [7, 11) is -2.17. The molecule has 0 saturated heterocycles. The highest BCUT2D eigenvalue weighted by molar-refractivity contribution is 7.89. The summed E-state index contributed by atoms with van der Waals surface area (Å²) >= 11 is 0.992. The van der Waals surface area contributed by atoms with Gasteiger partial charge in [-0.1, -0.05) is 24.3 Å². The Morgan fingerprint density at radius 3 is 2.70 bits per heavy atom. The van der Waals surface area contributed by atoms with Crippen LogP contribution in [0.2, 0.25) is 0 Å². The molecular weight excluding hydrogens is 334 g/mol. The normalized spacial score (nSPS) is 13.1. The van der Waals surface area contributed by atoms with Crippen LogP contribution in [0.25, 0.3) is 11.0 Å². The lowest BCUT2D eigenvalue weighted by Crippen LogP contribution is -2.27. The molecule has 1 aromatic heterocycles. The molecule has 0 unspecified atom stereocenters. The molecule has 0 radical (unpaired) electrons. The molecule has 0 saturated carbocycles. The maximum Gasteiger partial charge on any atom is 0.243 e. The first kappa shape index (κ1) is 15.9. The highest BCUT2D eigenvalue weighted by Gasteiger charge is 2.23. The van der Waals surface area contributed by atoms with Crippen LogP contribution in [0.15, 0.2) is 47.4 Å². The van der Waals surface area contributed by atoms with Crippen molar-refractivity contribution in [3.05, 3.63) is 48.0 Å². The van der Waals surface area contributed by atoms with Crippen molar-refractivity contribution in [2.45, 2.75) is 17.9 Å². The zero-order valence-electron chi connectivity index (χ0n) is 12.6. The molecule has 0 bridgehead atoms.